The first-order chi connectivity index (χ1) is 16.0. The summed E-state index contributed by atoms with van der Waals surface area (Å²) < 4.78 is 14.2. The van der Waals surface area contributed by atoms with Crippen molar-refractivity contribution in [3.05, 3.63) is 71.2 Å². The van der Waals surface area contributed by atoms with Crippen molar-refractivity contribution in [1.29, 1.82) is 0 Å². The third-order valence-corrected chi connectivity index (χ3v) is 6.40. The number of Topliss-reactive ketones (excluding diaryl/α,β-unsaturated/α-hetero) is 1. The second kappa shape index (κ2) is 8.81. The van der Waals surface area contributed by atoms with E-state index in [2.05, 4.69) is 22.0 Å². The van der Waals surface area contributed by atoms with Crippen LogP contribution in [0.3, 0.4) is 0 Å². The van der Waals surface area contributed by atoms with Crippen molar-refractivity contribution >= 4 is 28.9 Å². The minimum atomic E-state index is -0.201. The number of carbonyl (C=O) groups excluding carboxylic acids is 1. The molecule has 0 radical (unpaired) electrons. The quantitative estimate of drug-likeness (QED) is 0.625. The number of para-hydroxylation sites is 1. The average Bonchev–Trinajstić information content (AvgIpc) is 2.80. The summed E-state index contributed by atoms with van der Waals surface area (Å²) in [5.74, 6) is 1.35. The van der Waals surface area contributed by atoms with E-state index in [1.165, 1.54) is 11.6 Å². The molecule has 0 bridgehead atoms. The van der Waals surface area contributed by atoms with Gasteiger partial charge >= 0.3 is 0 Å². The third kappa shape index (κ3) is 4.40. The Bertz CT molecular complexity index is 1170. The zero-order chi connectivity index (χ0) is 22.9. The first-order valence-corrected chi connectivity index (χ1v) is 11.5. The number of aromatic nitrogens is 2. The van der Waals surface area contributed by atoms with Crippen LogP contribution in [0.5, 0.6) is 0 Å². The van der Waals surface area contributed by atoms with Crippen LogP contribution in [-0.4, -0.2) is 41.9 Å². The van der Waals surface area contributed by atoms with Crippen LogP contribution in [0.15, 0.2) is 48.5 Å². The van der Waals surface area contributed by atoms with Crippen LogP contribution in [0.2, 0.25) is 0 Å². The normalized spacial score (nSPS) is 18.3. The van der Waals surface area contributed by atoms with E-state index in [1.54, 1.807) is 6.07 Å². The molecule has 3 aromatic rings. The number of hydrogen-bond acceptors (Lipinski definition) is 6. The lowest BCUT2D eigenvalue weighted by Gasteiger charge is -2.36. The number of ketones is 1. The number of fused-ring (bicyclic) bond motifs is 1. The van der Waals surface area contributed by atoms with Gasteiger partial charge in [0.15, 0.2) is 5.78 Å². The fourth-order valence-corrected chi connectivity index (χ4v) is 4.62. The SMILES string of the molecule is Cc1ccc(Nc2nc(N3CCN(c4ccccc4F)CC3)nc3c2C(=O)CC(C)C3)cc1. The number of benzene rings is 2. The molecule has 170 valence electrons. The van der Waals surface area contributed by atoms with Crippen LogP contribution in [0.1, 0.15) is 35.0 Å². The highest BCUT2D eigenvalue weighted by Crippen LogP contribution is 2.32. The van der Waals surface area contributed by atoms with Crippen molar-refractivity contribution in [2.75, 3.05) is 41.3 Å². The van der Waals surface area contributed by atoms with Gasteiger partial charge in [0.1, 0.15) is 11.6 Å². The maximum atomic E-state index is 14.2. The van der Waals surface area contributed by atoms with Gasteiger partial charge in [-0.15, -0.1) is 0 Å². The minimum absolute atomic E-state index is 0.0919. The molecule has 1 saturated heterocycles. The van der Waals surface area contributed by atoms with Crippen molar-refractivity contribution in [1.82, 2.24) is 9.97 Å². The Hall–Kier alpha value is -3.48. The Kier molecular flexibility index (Phi) is 5.70. The Morgan fingerprint density at radius 1 is 0.939 bits per heavy atom. The van der Waals surface area contributed by atoms with E-state index in [0.717, 1.165) is 17.8 Å². The Morgan fingerprint density at radius 2 is 1.64 bits per heavy atom. The van der Waals surface area contributed by atoms with Crippen molar-refractivity contribution < 1.29 is 9.18 Å². The molecule has 1 fully saturated rings. The molecule has 33 heavy (non-hydrogen) atoms. The Labute approximate surface area is 193 Å². The van der Waals surface area contributed by atoms with E-state index >= 15 is 0 Å². The number of anilines is 4. The largest absolute Gasteiger partial charge is 0.366 e. The van der Waals surface area contributed by atoms with Crippen LogP contribution < -0.4 is 15.1 Å². The molecule has 1 atom stereocenters. The van der Waals surface area contributed by atoms with Gasteiger partial charge in [-0.1, -0.05) is 36.8 Å². The van der Waals surface area contributed by atoms with Gasteiger partial charge in [0, 0.05) is 38.3 Å². The first-order valence-electron chi connectivity index (χ1n) is 11.5. The molecule has 5 rings (SSSR count). The highest BCUT2D eigenvalue weighted by atomic mass is 19.1. The lowest BCUT2D eigenvalue weighted by molar-refractivity contribution is 0.0952. The number of nitrogens with one attached hydrogen (secondary N) is 1. The standard InChI is InChI=1S/C26H28FN5O/c1-17-7-9-19(10-8-17)28-25-24-21(15-18(2)16-23(24)33)29-26(30-25)32-13-11-31(12-14-32)22-6-4-3-5-20(22)27/h3-10,18H,11-16H2,1-2H3,(H,28,29,30). The molecule has 1 unspecified atom stereocenters. The van der Waals surface area contributed by atoms with E-state index in [9.17, 15) is 9.18 Å². The van der Waals surface area contributed by atoms with Crippen molar-refractivity contribution in [3.63, 3.8) is 0 Å². The summed E-state index contributed by atoms with van der Waals surface area (Å²) in [7, 11) is 0. The topological polar surface area (TPSA) is 61.4 Å². The molecule has 1 aliphatic carbocycles. The van der Waals surface area contributed by atoms with Gasteiger partial charge in [-0.3, -0.25) is 4.79 Å². The molecule has 0 saturated carbocycles. The van der Waals surface area contributed by atoms with E-state index in [-0.39, 0.29) is 17.5 Å². The highest BCUT2D eigenvalue weighted by Gasteiger charge is 2.30. The smallest absolute Gasteiger partial charge is 0.227 e. The van der Waals surface area contributed by atoms with Gasteiger partial charge < -0.3 is 15.1 Å². The van der Waals surface area contributed by atoms with Crippen LogP contribution in [0.4, 0.5) is 27.5 Å². The highest BCUT2D eigenvalue weighted by molar-refractivity contribution is 6.03. The van der Waals surface area contributed by atoms with Crippen molar-refractivity contribution in [2.24, 2.45) is 5.92 Å². The van der Waals surface area contributed by atoms with Gasteiger partial charge in [0.25, 0.3) is 0 Å². The van der Waals surface area contributed by atoms with E-state index < -0.39 is 0 Å². The molecule has 0 spiro atoms. The van der Waals surface area contributed by atoms with Gasteiger partial charge in [-0.05, 0) is 43.5 Å². The maximum Gasteiger partial charge on any atom is 0.227 e. The molecular weight excluding hydrogens is 417 g/mol. The van der Waals surface area contributed by atoms with Crippen molar-refractivity contribution in [2.45, 2.75) is 26.7 Å². The number of aryl methyl sites for hydroxylation is 1. The van der Waals surface area contributed by atoms with Crippen LogP contribution >= 0.6 is 0 Å². The fourth-order valence-electron chi connectivity index (χ4n) is 4.62. The summed E-state index contributed by atoms with van der Waals surface area (Å²) in [6.07, 6.45) is 1.27. The summed E-state index contributed by atoms with van der Waals surface area (Å²) in [6.45, 7) is 6.85. The zero-order valence-electron chi connectivity index (χ0n) is 19.0. The monoisotopic (exact) mass is 445 g/mol. The van der Waals surface area contributed by atoms with Crippen LogP contribution in [0.25, 0.3) is 0 Å². The van der Waals surface area contributed by atoms with Crippen LogP contribution in [-0.2, 0) is 6.42 Å². The lowest BCUT2D eigenvalue weighted by Crippen LogP contribution is -2.47. The molecule has 0 amide bonds. The molecular formula is C26H28FN5O. The van der Waals surface area contributed by atoms with E-state index in [4.69, 9.17) is 9.97 Å². The number of hydrogen-bond donors (Lipinski definition) is 1. The predicted molar refractivity (Wildman–Crippen MR) is 129 cm³/mol. The summed E-state index contributed by atoms with van der Waals surface area (Å²) in [5, 5.41) is 3.37. The molecule has 2 aromatic carbocycles. The fraction of sp³-hybridized carbons (Fsp3) is 0.346. The molecule has 1 aliphatic heterocycles. The Balaban J connectivity index is 1.43. The first kappa shape index (κ1) is 21.4. The second-order valence-electron chi connectivity index (χ2n) is 9.05. The Morgan fingerprint density at radius 3 is 2.36 bits per heavy atom. The number of nitrogens with zero attached hydrogens (tertiary/aromatic N) is 4. The summed E-state index contributed by atoms with van der Waals surface area (Å²) in [4.78, 5) is 26.7. The van der Waals surface area contributed by atoms with Crippen molar-refractivity contribution in [3.8, 4) is 0 Å². The van der Waals surface area contributed by atoms with E-state index in [0.29, 0.717) is 55.6 Å². The minimum Gasteiger partial charge on any atom is -0.366 e. The number of halogens is 1. The number of carbonyl (C=O) groups is 1. The molecule has 1 N–H and O–H groups in total. The molecule has 7 heteroatoms. The second-order valence-corrected chi connectivity index (χ2v) is 9.05. The molecule has 6 nitrogen and oxygen atoms in total. The summed E-state index contributed by atoms with van der Waals surface area (Å²) in [5.41, 5.74) is 4.12. The van der Waals surface area contributed by atoms with E-state index in [1.807, 2.05) is 43.3 Å². The zero-order valence-corrected chi connectivity index (χ0v) is 19.0. The summed E-state index contributed by atoms with van der Waals surface area (Å²) in [6, 6.07) is 14.9. The number of rotatable bonds is 4. The third-order valence-electron chi connectivity index (χ3n) is 6.40. The maximum absolute atomic E-state index is 14.2. The molecule has 2 heterocycles. The van der Waals surface area contributed by atoms with Gasteiger partial charge in [0.05, 0.1) is 16.9 Å². The predicted octanol–water partition coefficient (Wildman–Crippen LogP) is 4.76. The van der Waals surface area contributed by atoms with Gasteiger partial charge in [-0.25, -0.2) is 9.37 Å². The molecule has 2 aliphatic rings. The average molecular weight is 446 g/mol. The van der Waals surface area contributed by atoms with Gasteiger partial charge in [-0.2, -0.15) is 4.98 Å². The molecule has 1 aromatic heterocycles. The van der Waals surface area contributed by atoms with Gasteiger partial charge in [0.2, 0.25) is 5.95 Å². The van der Waals surface area contributed by atoms with Crippen LogP contribution in [0, 0.1) is 18.7 Å². The summed E-state index contributed by atoms with van der Waals surface area (Å²) >= 11 is 0. The number of piperazine rings is 1. The lowest BCUT2D eigenvalue weighted by atomic mass is 9.87.